The topological polar surface area (TPSA) is 34.9 Å². The summed E-state index contributed by atoms with van der Waals surface area (Å²) in [7, 11) is 0. The molecule has 0 radical (unpaired) electrons. The van der Waals surface area contributed by atoms with Gasteiger partial charge in [0.1, 0.15) is 6.54 Å². The second kappa shape index (κ2) is 4.77. The molecule has 0 bridgehead atoms. The van der Waals surface area contributed by atoms with Gasteiger partial charge in [-0.25, -0.2) is 0 Å². The molecule has 1 heterocycles. The maximum absolute atomic E-state index is 12.2. The second-order valence-corrected chi connectivity index (χ2v) is 4.83. The average molecular weight is 242 g/mol. The highest BCUT2D eigenvalue weighted by Crippen LogP contribution is 2.16. The molecular weight excluding hydrogens is 224 g/mol. The zero-order valence-corrected chi connectivity index (χ0v) is 11.3. The van der Waals surface area contributed by atoms with Crippen molar-refractivity contribution in [1.29, 1.82) is 0 Å². The molecule has 2 rings (SSSR count). The summed E-state index contributed by atoms with van der Waals surface area (Å²) in [5, 5.41) is 4.24. The fourth-order valence-corrected chi connectivity index (χ4v) is 2.04. The van der Waals surface area contributed by atoms with Crippen LogP contribution in [0.25, 0.3) is 0 Å². The molecule has 1 aromatic carbocycles. The first-order valence-corrected chi connectivity index (χ1v) is 6.08. The summed E-state index contributed by atoms with van der Waals surface area (Å²) in [6, 6.07) is 5.95. The summed E-state index contributed by atoms with van der Waals surface area (Å²) in [5.74, 6) is 0.110. The van der Waals surface area contributed by atoms with Crippen molar-refractivity contribution in [2.75, 3.05) is 0 Å². The third kappa shape index (κ3) is 2.50. The molecule has 18 heavy (non-hydrogen) atoms. The van der Waals surface area contributed by atoms with Gasteiger partial charge in [0.05, 0.1) is 5.69 Å². The van der Waals surface area contributed by atoms with E-state index in [-0.39, 0.29) is 5.78 Å². The van der Waals surface area contributed by atoms with E-state index in [1.807, 2.05) is 39.1 Å². The minimum atomic E-state index is 0.110. The highest BCUT2D eigenvalue weighted by atomic mass is 16.1. The number of ketones is 1. The molecule has 0 saturated carbocycles. The monoisotopic (exact) mass is 242 g/mol. The summed E-state index contributed by atoms with van der Waals surface area (Å²) in [5.41, 5.74) is 5.14. The Morgan fingerprint density at radius 1 is 1.11 bits per heavy atom. The largest absolute Gasteiger partial charge is 0.292 e. The minimum absolute atomic E-state index is 0.110. The smallest absolute Gasteiger partial charge is 0.184 e. The number of nitrogens with zero attached hydrogens (tertiary/aromatic N) is 2. The van der Waals surface area contributed by atoms with Crippen LogP contribution in [0.15, 0.2) is 24.4 Å². The Labute approximate surface area is 107 Å². The Kier molecular flexibility index (Phi) is 3.32. The number of carbonyl (C=O) groups is 1. The fraction of sp³-hybridized carbons (Fsp3) is 0.333. The average Bonchev–Trinajstić information content (AvgIpc) is 2.69. The summed E-state index contributed by atoms with van der Waals surface area (Å²) >= 11 is 0. The lowest BCUT2D eigenvalue weighted by Crippen LogP contribution is -2.12. The Morgan fingerprint density at radius 3 is 2.39 bits per heavy atom. The third-order valence-corrected chi connectivity index (χ3v) is 3.22. The van der Waals surface area contributed by atoms with Crippen LogP contribution in [0, 0.1) is 27.7 Å². The van der Waals surface area contributed by atoms with E-state index in [2.05, 4.69) is 18.1 Å². The molecule has 0 amide bonds. The number of benzene rings is 1. The molecule has 0 unspecified atom stereocenters. The Hall–Kier alpha value is -1.90. The molecule has 0 saturated heterocycles. The molecule has 3 heteroatoms. The Bertz CT molecular complexity index is 597. The molecule has 94 valence electrons. The Balaban J connectivity index is 2.26. The van der Waals surface area contributed by atoms with Crippen LogP contribution in [0.1, 0.15) is 32.7 Å². The van der Waals surface area contributed by atoms with E-state index in [0.29, 0.717) is 6.54 Å². The lowest BCUT2D eigenvalue weighted by Gasteiger charge is -2.09. The van der Waals surface area contributed by atoms with E-state index in [4.69, 9.17) is 0 Å². The quantitative estimate of drug-likeness (QED) is 0.775. The molecule has 0 fully saturated rings. The van der Waals surface area contributed by atoms with Gasteiger partial charge in [0.25, 0.3) is 0 Å². The Morgan fingerprint density at radius 2 is 1.78 bits per heavy atom. The lowest BCUT2D eigenvalue weighted by atomic mass is 9.98. The zero-order valence-electron chi connectivity index (χ0n) is 11.3. The van der Waals surface area contributed by atoms with Crippen molar-refractivity contribution in [3.63, 3.8) is 0 Å². The SMILES string of the molecule is Cc1ccn(CC(=O)c2cc(C)c(C)cc2C)n1. The summed E-state index contributed by atoms with van der Waals surface area (Å²) in [4.78, 5) is 12.2. The van der Waals surface area contributed by atoms with E-state index >= 15 is 0 Å². The number of Topliss-reactive ketones (excluding diaryl/α,β-unsaturated/α-hetero) is 1. The van der Waals surface area contributed by atoms with Gasteiger partial charge in [-0.3, -0.25) is 9.48 Å². The summed E-state index contributed by atoms with van der Waals surface area (Å²) < 4.78 is 1.69. The van der Waals surface area contributed by atoms with Gasteiger partial charge in [-0.05, 0) is 56.5 Å². The molecular formula is C15H18N2O. The van der Waals surface area contributed by atoms with Gasteiger partial charge in [-0.15, -0.1) is 0 Å². The van der Waals surface area contributed by atoms with E-state index in [1.54, 1.807) is 4.68 Å². The molecule has 0 N–H and O–H groups in total. The first kappa shape index (κ1) is 12.6. The molecule has 2 aromatic rings. The van der Waals surface area contributed by atoms with E-state index < -0.39 is 0 Å². The highest BCUT2D eigenvalue weighted by molar-refractivity contribution is 5.97. The number of hydrogen-bond acceptors (Lipinski definition) is 2. The second-order valence-electron chi connectivity index (χ2n) is 4.83. The zero-order chi connectivity index (χ0) is 13.3. The van der Waals surface area contributed by atoms with Crippen molar-refractivity contribution in [2.45, 2.75) is 34.2 Å². The predicted octanol–water partition coefficient (Wildman–Crippen LogP) is 3.00. The highest BCUT2D eigenvalue weighted by Gasteiger charge is 2.11. The van der Waals surface area contributed by atoms with Crippen LogP contribution in [-0.2, 0) is 6.54 Å². The predicted molar refractivity (Wildman–Crippen MR) is 71.9 cm³/mol. The fourth-order valence-electron chi connectivity index (χ4n) is 2.04. The number of rotatable bonds is 3. The molecule has 1 aromatic heterocycles. The molecule has 0 spiro atoms. The number of aromatic nitrogens is 2. The van der Waals surface area contributed by atoms with Crippen LogP contribution in [-0.4, -0.2) is 15.6 Å². The van der Waals surface area contributed by atoms with Crippen molar-refractivity contribution in [1.82, 2.24) is 9.78 Å². The van der Waals surface area contributed by atoms with Crippen LogP contribution in [0.4, 0.5) is 0 Å². The maximum Gasteiger partial charge on any atom is 0.184 e. The third-order valence-electron chi connectivity index (χ3n) is 3.22. The standard InChI is InChI=1S/C15H18N2O/c1-10-7-12(3)14(8-11(10)2)15(18)9-17-6-5-13(4)16-17/h5-8H,9H2,1-4H3. The molecule has 0 aliphatic heterocycles. The minimum Gasteiger partial charge on any atom is -0.292 e. The summed E-state index contributed by atoms with van der Waals surface area (Å²) in [6.45, 7) is 8.30. The van der Waals surface area contributed by atoms with Gasteiger partial charge >= 0.3 is 0 Å². The maximum atomic E-state index is 12.2. The molecule has 3 nitrogen and oxygen atoms in total. The van der Waals surface area contributed by atoms with Gasteiger partial charge in [-0.2, -0.15) is 5.10 Å². The normalized spacial score (nSPS) is 10.7. The van der Waals surface area contributed by atoms with Crippen molar-refractivity contribution in [3.8, 4) is 0 Å². The number of hydrogen-bond donors (Lipinski definition) is 0. The van der Waals surface area contributed by atoms with Crippen LogP contribution in [0.3, 0.4) is 0 Å². The number of carbonyl (C=O) groups excluding carboxylic acids is 1. The van der Waals surface area contributed by atoms with Crippen LogP contribution in [0.2, 0.25) is 0 Å². The van der Waals surface area contributed by atoms with E-state index in [9.17, 15) is 4.79 Å². The van der Waals surface area contributed by atoms with Gasteiger partial charge in [0, 0.05) is 11.8 Å². The number of aryl methyl sites for hydroxylation is 4. The lowest BCUT2D eigenvalue weighted by molar-refractivity contribution is 0.0967. The first-order valence-electron chi connectivity index (χ1n) is 6.08. The van der Waals surface area contributed by atoms with Crippen LogP contribution < -0.4 is 0 Å². The van der Waals surface area contributed by atoms with Crippen molar-refractivity contribution < 1.29 is 4.79 Å². The van der Waals surface area contributed by atoms with Gasteiger partial charge in [-0.1, -0.05) is 6.07 Å². The molecule has 0 aliphatic carbocycles. The van der Waals surface area contributed by atoms with E-state index in [1.165, 1.54) is 5.56 Å². The van der Waals surface area contributed by atoms with Gasteiger partial charge in [0.2, 0.25) is 0 Å². The van der Waals surface area contributed by atoms with Crippen LogP contribution in [0.5, 0.6) is 0 Å². The van der Waals surface area contributed by atoms with Crippen molar-refractivity contribution >= 4 is 5.78 Å². The van der Waals surface area contributed by atoms with Gasteiger partial charge in [0.15, 0.2) is 5.78 Å². The summed E-state index contributed by atoms with van der Waals surface area (Å²) in [6.07, 6.45) is 1.84. The van der Waals surface area contributed by atoms with E-state index in [0.717, 1.165) is 22.4 Å². The van der Waals surface area contributed by atoms with Crippen LogP contribution >= 0.6 is 0 Å². The molecule has 0 atom stereocenters. The first-order chi connectivity index (χ1) is 8.47. The molecule has 0 aliphatic rings. The van der Waals surface area contributed by atoms with Crippen molar-refractivity contribution in [2.24, 2.45) is 0 Å². The van der Waals surface area contributed by atoms with Crippen molar-refractivity contribution in [3.05, 3.63) is 52.3 Å². The van der Waals surface area contributed by atoms with Gasteiger partial charge < -0.3 is 0 Å².